The van der Waals surface area contributed by atoms with Gasteiger partial charge in [0.05, 0.1) is 16.8 Å². The molecule has 0 aliphatic rings. The fourth-order valence-electron chi connectivity index (χ4n) is 2.46. The molecular formula is C20H18FN3O3S. The van der Waals surface area contributed by atoms with Gasteiger partial charge < -0.3 is 5.32 Å². The molecule has 144 valence electrons. The van der Waals surface area contributed by atoms with E-state index < -0.39 is 15.8 Å². The summed E-state index contributed by atoms with van der Waals surface area (Å²) in [6.45, 7) is 3.00. The maximum Gasteiger partial charge on any atom is 0.261 e. The number of sulfonamides is 1. The molecule has 1 aromatic heterocycles. The fraction of sp³-hybridized carbons (Fsp3) is 0.100. The number of anilines is 3. The molecule has 2 N–H and O–H groups in total. The molecule has 0 amide bonds. The van der Waals surface area contributed by atoms with Gasteiger partial charge in [0.25, 0.3) is 10.0 Å². The normalized spacial score (nSPS) is 11.1. The maximum absolute atomic E-state index is 13.3. The number of hydrogen-bond donors (Lipinski definition) is 2. The van der Waals surface area contributed by atoms with E-state index in [1.165, 1.54) is 32.2 Å². The van der Waals surface area contributed by atoms with Crippen LogP contribution >= 0.6 is 0 Å². The number of carbonyl (C=O) groups is 1. The van der Waals surface area contributed by atoms with E-state index in [-0.39, 0.29) is 21.9 Å². The Morgan fingerprint density at radius 2 is 1.68 bits per heavy atom. The van der Waals surface area contributed by atoms with Crippen molar-refractivity contribution in [2.75, 3.05) is 10.0 Å². The summed E-state index contributed by atoms with van der Waals surface area (Å²) in [4.78, 5) is 15.4. The summed E-state index contributed by atoms with van der Waals surface area (Å²) >= 11 is 0. The zero-order valence-corrected chi connectivity index (χ0v) is 16.0. The molecule has 0 spiro atoms. The molecule has 1 heterocycles. The molecule has 28 heavy (non-hydrogen) atoms. The van der Waals surface area contributed by atoms with Crippen LogP contribution < -0.4 is 10.0 Å². The first-order chi connectivity index (χ1) is 13.2. The van der Waals surface area contributed by atoms with Crippen molar-refractivity contribution in [1.29, 1.82) is 0 Å². The predicted molar refractivity (Wildman–Crippen MR) is 106 cm³/mol. The SMILES string of the molecule is CC(=O)c1ccc(Nc2ccc(NS(=O)(=O)c3ccc(F)c(C)c3)cn2)cc1. The number of aromatic nitrogens is 1. The average molecular weight is 399 g/mol. The lowest BCUT2D eigenvalue weighted by atomic mass is 10.1. The number of carbonyl (C=O) groups excluding carboxylic acids is 1. The highest BCUT2D eigenvalue weighted by Crippen LogP contribution is 2.20. The highest BCUT2D eigenvalue weighted by atomic mass is 32.2. The van der Waals surface area contributed by atoms with E-state index in [4.69, 9.17) is 0 Å². The Labute approximate surface area is 162 Å². The van der Waals surface area contributed by atoms with Gasteiger partial charge in [-0.05, 0) is 74.0 Å². The third kappa shape index (κ3) is 4.52. The van der Waals surface area contributed by atoms with Crippen molar-refractivity contribution >= 4 is 33.0 Å². The number of pyridine rings is 1. The van der Waals surface area contributed by atoms with Crippen molar-refractivity contribution in [1.82, 2.24) is 4.98 Å². The Hall–Kier alpha value is -3.26. The molecular weight excluding hydrogens is 381 g/mol. The molecule has 0 saturated heterocycles. The summed E-state index contributed by atoms with van der Waals surface area (Å²) in [7, 11) is -3.85. The van der Waals surface area contributed by atoms with Gasteiger partial charge in [-0.3, -0.25) is 9.52 Å². The van der Waals surface area contributed by atoms with Crippen molar-refractivity contribution in [3.05, 3.63) is 77.7 Å². The van der Waals surface area contributed by atoms with Gasteiger partial charge in [0.2, 0.25) is 0 Å². The Morgan fingerprint density at radius 3 is 2.25 bits per heavy atom. The smallest absolute Gasteiger partial charge is 0.261 e. The van der Waals surface area contributed by atoms with Crippen LogP contribution in [0.3, 0.4) is 0 Å². The first kappa shape index (κ1) is 19.5. The predicted octanol–water partition coefficient (Wildman–Crippen LogP) is 4.28. The van der Waals surface area contributed by atoms with Crippen LogP contribution in [-0.4, -0.2) is 19.2 Å². The number of benzene rings is 2. The van der Waals surface area contributed by atoms with E-state index in [0.29, 0.717) is 11.4 Å². The summed E-state index contributed by atoms with van der Waals surface area (Å²) in [5.74, 6) is 0.0289. The molecule has 0 fully saturated rings. The minimum Gasteiger partial charge on any atom is -0.340 e. The number of hydrogen-bond acceptors (Lipinski definition) is 5. The molecule has 8 heteroatoms. The first-order valence-electron chi connectivity index (χ1n) is 8.38. The topological polar surface area (TPSA) is 88.2 Å². The van der Waals surface area contributed by atoms with Gasteiger partial charge in [-0.15, -0.1) is 0 Å². The summed E-state index contributed by atoms with van der Waals surface area (Å²) in [6, 6.07) is 13.7. The van der Waals surface area contributed by atoms with Crippen molar-refractivity contribution in [2.45, 2.75) is 18.7 Å². The van der Waals surface area contributed by atoms with Crippen LogP contribution in [0.4, 0.5) is 21.6 Å². The molecule has 0 atom stereocenters. The third-order valence-corrected chi connectivity index (χ3v) is 5.40. The van der Waals surface area contributed by atoms with Crippen molar-refractivity contribution in [3.63, 3.8) is 0 Å². The Morgan fingerprint density at radius 1 is 1.00 bits per heavy atom. The molecule has 0 saturated carbocycles. The van der Waals surface area contributed by atoms with Crippen LogP contribution in [0.5, 0.6) is 0 Å². The molecule has 3 rings (SSSR count). The van der Waals surface area contributed by atoms with Crippen LogP contribution in [-0.2, 0) is 10.0 Å². The van der Waals surface area contributed by atoms with E-state index in [9.17, 15) is 17.6 Å². The number of nitrogens with one attached hydrogen (secondary N) is 2. The summed E-state index contributed by atoms with van der Waals surface area (Å²) < 4.78 is 40.6. The fourth-order valence-corrected chi connectivity index (χ4v) is 3.59. The van der Waals surface area contributed by atoms with Crippen LogP contribution in [0.25, 0.3) is 0 Å². The van der Waals surface area contributed by atoms with Gasteiger partial charge in [0.15, 0.2) is 5.78 Å². The van der Waals surface area contributed by atoms with Gasteiger partial charge in [-0.1, -0.05) is 0 Å². The second kappa shape index (κ2) is 7.77. The molecule has 0 bridgehead atoms. The van der Waals surface area contributed by atoms with Gasteiger partial charge in [-0.25, -0.2) is 17.8 Å². The highest BCUT2D eigenvalue weighted by molar-refractivity contribution is 7.92. The molecule has 0 radical (unpaired) electrons. The average Bonchev–Trinajstić information content (AvgIpc) is 2.65. The lowest BCUT2D eigenvalue weighted by Crippen LogP contribution is -2.13. The van der Waals surface area contributed by atoms with Crippen LogP contribution in [0.1, 0.15) is 22.8 Å². The van der Waals surface area contributed by atoms with E-state index in [2.05, 4.69) is 15.0 Å². The quantitative estimate of drug-likeness (QED) is 0.604. The number of aryl methyl sites for hydroxylation is 1. The largest absolute Gasteiger partial charge is 0.340 e. The zero-order valence-electron chi connectivity index (χ0n) is 15.2. The number of ketones is 1. The number of rotatable bonds is 6. The zero-order chi connectivity index (χ0) is 20.3. The maximum atomic E-state index is 13.3. The van der Waals surface area contributed by atoms with E-state index in [1.807, 2.05) is 0 Å². The Kier molecular flexibility index (Phi) is 5.41. The lowest BCUT2D eigenvalue weighted by molar-refractivity contribution is 0.101. The van der Waals surface area contributed by atoms with Gasteiger partial charge in [0.1, 0.15) is 11.6 Å². The van der Waals surface area contributed by atoms with Crippen LogP contribution in [0, 0.1) is 12.7 Å². The molecule has 0 aliphatic carbocycles. The highest BCUT2D eigenvalue weighted by Gasteiger charge is 2.15. The summed E-state index contributed by atoms with van der Waals surface area (Å²) in [5.41, 5.74) is 1.88. The molecule has 6 nitrogen and oxygen atoms in total. The standard InChI is InChI=1S/C20H18FN3O3S/c1-13-11-18(8-9-19(13)21)28(26,27)24-17-7-10-20(22-12-17)23-16-5-3-15(4-6-16)14(2)25/h3-12,24H,1-2H3,(H,22,23). The summed E-state index contributed by atoms with van der Waals surface area (Å²) in [6.07, 6.45) is 1.38. The number of Topliss-reactive ketones (excluding diaryl/α,β-unsaturated/α-hetero) is 1. The van der Waals surface area contributed by atoms with Crippen molar-refractivity contribution in [3.8, 4) is 0 Å². The minimum atomic E-state index is -3.85. The van der Waals surface area contributed by atoms with Gasteiger partial charge in [0, 0.05) is 11.3 Å². The molecule has 3 aromatic rings. The van der Waals surface area contributed by atoms with E-state index in [0.717, 1.165) is 11.8 Å². The van der Waals surface area contributed by atoms with E-state index in [1.54, 1.807) is 36.4 Å². The summed E-state index contributed by atoms with van der Waals surface area (Å²) in [5, 5.41) is 3.06. The molecule has 0 aliphatic heterocycles. The first-order valence-corrected chi connectivity index (χ1v) is 9.86. The second-order valence-corrected chi connectivity index (χ2v) is 7.89. The van der Waals surface area contributed by atoms with Crippen molar-refractivity contribution < 1.29 is 17.6 Å². The van der Waals surface area contributed by atoms with E-state index >= 15 is 0 Å². The second-order valence-electron chi connectivity index (χ2n) is 6.21. The molecule has 0 unspecified atom stereocenters. The lowest BCUT2D eigenvalue weighted by Gasteiger charge is -2.10. The Bertz CT molecular complexity index is 1110. The minimum absolute atomic E-state index is 0.0161. The third-order valence-electron chi connectivity index (χ3n) is 4.02. The van der Waals surface area contributed by atoms with Crippen LogP contribution in [0.2, 0.25) is 0 Å². The Balaban J connectivity index is 1.71. The molecule has 2 aromatic carbocycles. The van der Waals surface area contributed by atoms with Crippen molar-refractivity contribution in [2.24, 2.45) is 0 Å². The monoisotopic (exact) mass is 399 g/mol. The number of halogens is 1. The number of nitrogens with zero attached hydrogens (tertiary/aromatic N) is 1. The van der Waals surface area contributed by atoms with Gasteiger partial charge in [-0.2, -0.15) is 0 Å². The van der Waals surface area contributed by atoms with Crippen LogP contribution in [0.15, 0.2) is 65.7 Å². The van der Waals surface area contributed by atoms with Gasteiger partial charge >= 0.3 is 0 Å².